The first-order valence-electron chi connectivity index (χ1n) is 11.6. The highest BCUT2D eigenvalue weighted by atomic mass is 32.2. The van der Waals surface area contributed by atoms with Gasteiger partial charge in [0, 0.05) is 22.8 Å². The molecule has 0 aliphatic heterocycles. The molecule has 0 fully saturated rings. The highest BCUT2D eigenvalue weighted by Gasteiger charge is 2.15. The lowest BCUT2D eigenvalue weighted by Crippen LogP contribution is -2.15. The fourth-order valence-electron chi connectivity index (χ4n) is 3.43. The van der Waals surface area contributed by atoms with Gasteiger partial charge in [-0.15, -0.1) is 0 Å². The second kappa shape index (κ2) is 13.5. The van der Waals surface area contributed by atoms with Crippen LogP contribution in [-0.4, -0.2) is 45.2 Å². The molecule has 0 bridgehead atoms. The monoisotopic (exact) mass is 493 g/mol. The van der Waals surface area contributed by atoms with E-state index in [-0.39, 0.29) is 4.90 Å². The summed E-state index contributed by atoms with van der Waals surface area (Å²) >= 11 is 0. The van der Waals surface area contributed by atoms with Gasteiger partial charge in [0.25, 0.3) is 10.0 Å². The molecule has 6 nitrogen and oxygen atoms in total. The lowest BCUT2D eigenvalue weighted by Gasteiger charge is -2.09. The maximum atomic E-state index is 12.8. The minimum Gasteiger partial charge on any atom is -0.361 e. The summed E-state index contributed by atoms with van der Waals surface area (Å²) in [6.45, 7) is 10.7. The molecule has 0 spiro atoms. The van der Waals surface area contributed by atoms with E-state index in [0.29, 0.717) is 5.69 Å². The van der Waals surface area contributed by atoms with Crippen LogP contribution >= 0.6 is 0 Å². The number of benzene rings is 3. The number of rotatable bonds is 7. The average Bonchev–Trinajstić information content (AvgIpc) is 3.32. The van der Waals surface area contributed by atoms with Crippen molar-refractivity contribution in [3.8, 4) is 11.1 Å². The first kappa shape index (κ1) is 27.8. The first-order chi connectivity index (χ1) is 16.9. The normalized spacial score (nSPS) is 10.8. The zero-order chi connectivity index (χ0) is 25.8. The molecule has 0 saturated heterocycles. The summed E-state index contributed by atoms with van der Waals surface area (Å²) < 4.78 is 28.2. The van der Waals surface area contributed by atoms with Crippen molar-refractivity contribution in [3.05, 3.63) is 84.6 Å². The minimum atomic E-state index is -3.64. The van der Waals surface area contributed by atoms with Gasteiger partial charge in [0.05, 0.1) is 4.90 Å². The SMILES string of the molecule is C=O.CCN(C)CC.CCc1c[nH]c2ccc(NS(=O)(=O)c3ccc(-c4ccccc4)cc3)cc12. The van der Waals surface area contributed by atoms with Crippen LogP contribution in [-0.2, 0) is 21.2 Å². The van der Waals surface area contributed by atoms with E-state index in [2.05, 4.69) is 42.4 Å². The number of anilines is 1. The van der Waals surface area contributed by atoms with Crippen molar-refractivity contribution < 1.29 is 13.2 Å². The summed E-state index contributed by atoms with van der Waals surface area (Å²) in [5, 5.41) is 1.04. The van der Waals surface area contributed by atoms with Crippen LogP contribution in [0.1, 0.15) is 26.3 Å². The number of carbonyl (C=O) groups excluding carboxylic acids is 1. The third-order valence-electron chi connectivity index (χ3n) is 5.75. The minimum absolute atomic E-state index is 0.243. The van der Waals surface area contributed by atoms with Crippen LogP contribution < -0.4 is 4.72 Å². The number of hydrogen-bond acceptors (Lipinski definition) is 4. The van der Waals surface area contributed by atoms with E-state index in [0.717, 1.165) is 41.5 Å². The van der Waals surface area contributed by atoms with Crippen LogP contribution in [0.15, 0.2) is 83.9 Å². The Morgan fingerprint density at radius 2 is 1.46 bits per heavy atom. The van der Waals surface area contributed by atoms with E-state index in [9.17, 15) is 8.42 Å². The quantitative estimate of drug-likeness (QED) is 0.332. The lowest BCUT2D eigenvalue weighted by atomic mass is 10.1. The Hall–Kier alpha value is -3.42. The molecule has 0 saturated carbocycles. The highest BCUT2D eigenvalue weighted by Crippen LogP contribution is 2.26. The molecule has 0 aliphatic carbocycles. The number of aromatic amines is 1. The van der Waals surface area contributed by atoms with Crippen LogP contribution in [0.5, 0.6) is 0 Å². The molecule has 0 aliphatic rings. The molecule has 4 aromatic rings. The Labute approximate surface area is 209 Å². The Morgan fingerprint density at radius 3 is 2.00 bits per heavy atom. The van der Waals surface area contributed by atoms with Crippen molar-refractivity contribution >= 4 is 33.4 Å². The molecule has 0 amide bonds. The van der Waals surface area contributed by atoms with Crippen molar-refractivity contribution in [1.29, 1.82) is 0 Å². The number of carbonyl (C=O) groups is 1. The van der Waals surface area contributed by atoms with Crippen LogP contribution in [0.2, 0.25) is 0 Å². The molecule has 4 rings (SSSR count). The standard InChI is InChI=1S/C22H20N2O2S.C5H13N.CH2O/c1-2-16-15-23-22-13-10-19(14-21(16)22)24-27(25,26)20-11-8-18(9-12-20)17-6-4-3-5-7-17;1-4-6(3)5-2;1-2/h3-15,23-24H,2H2,1H3;4-5H2,1-3H3;1H2. The lowest BCUT2D eigenvalue weighted by molar-refractivity contribution is -0.0980. The second-order valence-corrected chi connectivity index (χ2v) is 9.59. The number of aryl methyl sites for hydroxylation is 1. The largest absolute Gasteiger partial charge is 0.361 e. The molecule has 0 unspecified atom stereocenters. The van der Waals surface area contributed by atoms with Crippen molar-refractivity contribution in [1.82, 2.24) is 9.88 Å². The van der Waals surface area contributed by atoms with Gasteiger partial charge in [-0.2, -0.15) is 0 Å². The first-order valence-corrected chi connectivity index (χ1v) is 13.1. The predicted octanol–water partition coefficient (Wildman–Crippen LogP) is 5.97. The van der Waals surface area contributed by atoms with Crippen molar-refractivity contribution in [2.24, 2.45) is 0 Å². The van der Waals surface area contributed by atoms with Crippen LogP contribution in [0.3, 0.4) is 0 Å². The summed E-state index contributed by atoms with van der Waals surface area (Å²) in [6, 6.07) is 22.3. The average molecular weight is 494 g/mol. The predicted molar refractivity (Wildman–Crippen MR) is 146 cm³/mol. The number of H-pyrrole nitrogens is 1. The van der Waals surface area contributed by atoms with Crippen LogP contribution in [0.4, 0.5) is 5.69 Å². The molecule has 1 heterocycles. The molecular formula is C28H35N3O3S. The summed E-state index contributed by atoms with van der Waals surface area (Å²) in [7, 11) is -1.53. The van der Waals surface area contributed by atoms with E-state index in [4.69, 9.17) is 4.79 Å². The fraction of sp³-hybridized carbons (Fsp3) is 0.250. The number of hydrogen-bond donors (Lipinski definition) is 2. The number of nitrogens with zero attached hydrogens (tertiary/aromatic N) is 1. The molecule has 0 radical (unpaired) electrons. The van der Waals surface area contributed by atoms with Gasteiger partial charge < -0.3 is 14.7 Å². The van der Waals surface area contributed by atoms with Gasteiger partial charge in [-0.05, 0) is 73.6 Å². The molecular weight excluding hydrogens is 458 g/mol. The van der Waals surface area contributed by atoms with Gasteiger partial charge in [-0.3, -0.25) is 4.72 Å². The Balaban J connectivity index is 0.000000474. The van der Waals surface area contributed by atoms with Crippen molar-refractivity contribution in [2.45, 2.75) is 32.1 Å². The van der Waals surface area contributed by atoms with E-state index in [1.165, 1.54) is 5.56 Å². The molecule has 1 aromatic heterocycles. The molecule has 186 valence electrons. The van der Waals surface area contributed by atoms with Crippen molar-refractivity contribution in [2.75, 3.05) is 24.9 Å². The maximum absolute atomic E-state index is 12.8. The summed E-state index contributed by atoms with van der Waals surface area (Å²) in [6.07, 6.45) is 2.85. The molecule has 2 N–H and O–H groups in total. The number of sulfonamides is 1. The number of nitrogens with one attached hydrogen (secondary N) is 2. The van der Waals surface area contributed by atoms with Crippen molar-refractivity contribution in [3.63, 3.8) is 0 Å². The third-order valence-corrected chi connectivity index (χ3v) is 7.15. The van der Waals surface area contributed by atoms with Crippen LogP contribution in [0.25, 0.3) is 22.0 Å². The Kier molecular flexibility index (Phi) is 10.7. The molecule has 35 heavy (non-hydrogen) atoms. The summed E-state index contributed by atoms with van der Waals surface area (Å²) in [4.78, 5) is 13.7. The van der Waals surface area contributed by atoms with Gasteiger partial charge in [0.15, 0.2) is 0 Å². The zero-order valence-corrected chi connectivity index (χ0v) is 21.7. The zero-order valence-electron chi connectivity index (χ0n) is 20.9. The van der Waals surface area contributed by atoms with Crippen LogP contribution in [0, 0.1) is 0 Å². The molecule has 3 aromatic carbocycles. The summed E-state index contributed by atoms with van der Waals surface area (Å²) in [5.41, 5.74) is 4.76. The van der Waals surface area contributed by atoms with Gasteiger partial charge in [-0.1, -0.05) is 63.2 Å². The fourth-order valence-corrected chi connectivity index (χ4v) is 4.48. The van der Waals surface area contributed by atoms with E-state index < -0.39 is 10.0 Å². The molecule has 7 heteroatoms. The number of fused-ring (bicyclic) bond motifs is 1. The van der Waals surface area contributed by atoms with Gasteiger partial charge >= 0.3 is 0 Å². The second-order valence-electron chi connectivity index (χ2n) is 7.91. The highest BCUT2D eigenvalue weighted by molar-refractivity contribution is 7.92. The van der Waals surface area contributed by atoms with E-state index in [1.807, 2.05) is 67.6 Å². The number of aromatic nitrogens is 1. The van der Waals surface area contributed by atoms with E-state index in [1.54, 1.807) is 18.2 Å². The van der Waals surface area contributed by atoms with Gasteiger partial charge in [0.1, 0.15) is 6.79 Å². The third kappa shape index (κ3) is 7.53. The topological polar surface area (TPSA) is 82.3 Å². The smallest absolute Gasteiger partial charge is 0.261 e. The van der Waals surface area contributed by atoms with Gasteiger partial charge in [0.2, 0.25) is 0 Å². The Bertz CT molecular complexity index is 1280. The van der Waals surface area contributed by atoms with Gasteiger partial charge in [-0.25, -0.2) is 8.42 Å². The molecule has 0 atom stereocenters. The maximum Gasteiger partial charge on any atom is 0.261 e. The Morgan fingerprint density at radius 1 is 0.857 bits per heavy atom. The van der Waals surface area contributed by atoms with E-state index >= 15 is 0 Å². The summed E-state index contributed by atoms with van der Waals surface area (Å²) in [5.74, 6) is 0.